The molecule has 2 N–H and O–H groups in total. The van der Waals surface area contributed by atoms with E-state index in [1.54, 1.807) is 16.2 Å². The molecule has 0 aliphatic carbocycles. The van der Waals surface area contributed by atoms with E-state index >= 15 is 0 Å². The van der Waals surface area contributed by atoms with Crippen molar-refractivity contribution in [3.63, 3.8) is 0 Å². The van der Waals surface area contributed by atoms with Crippen molar-refractivity contribution in [3.8, 4) is 5.69 Å². The van der Waals surface area contributed by atoms with E-state index in [4.69, 9.17) is 0 Å². The van der Waals surface area contributed by atoms with E-state index in [0.29, 0.717) is 12.2 Å². The van der Waals surface area contributed by atoms with E-state index in [9.17, 15) is 9.59 Å². The second-order valence-electron chi connectivity index (χ2n) is 8.58. The summed E-state index contributed by atoms with van der Waals surface area (Å²) in [4.78, 5) is 32.1. The molecule has 0 fully saturated rings. The van der Waals surface area contributed by atoms with E-state index in [2.05, 4.69) is 21.0 Å². The van der Waals surface area contributed by atoms with Crippen molar-refractivity contribution in [2.45, 2.75) is 39.3 Å². The summed E-state index contributed by atoms with van der Waals surface area (Å²) in [7, 11) is 4.25. The van der Waals surface area contributed by atoms with E-state index in [1.807, 2.05) is 34.9 Å². The Morgan fingerprint density at radius 2 is 1.93 bits per heavy atom. The average Bonchev–Trinajstić information content (AvgIpc) is 3.10. The maximum absolute atomic E-state index is 13.6. The van der Waals surface area contributed by atoms with Crippen LogP contribution in [0.3, 0.4) is 0 Å². The first-order valence-electron chi connectivity index (χ1n) is 11.0. The number of hydrogen-bond acceptors (Lipinski definition) is 3. The second-order valence-corrected chi connectivity index (χ2v) is 9.67. The Hall–Kier alpha value is -2.22. The average molecular weight is 429 g/mol. The lowest BCUT2D eigenvalue weighted by atomic mass is 10.1. The molecule has 1 aliphatic heterocycles. The maximum Gasteiger partial charge on any atom is 0.336 e. The normalized spacial score (nSPS) is 16.3. The van der Waals surface area contributed by atoms with Crippen LogP contribution in [0.4, 0.5) is 0 Å². The fourth-order valence-corrected chi connectivity index (χ4v) is 5.93. The van der Waals surface area contributed by atoms with Crippen molar-refractivity contribution in [1.29, 1.82) is 0 Å². The number of aryl methyl sites for hydroxylation is 1. The summed E-state index contributed by atoms with van der Waals surface area (Å²) in [6.07, 6.45) is 2.98. The molecule has 1 atom stereocenters. The van der Waals surface area contributed by atoms with Crippen LogP contribution in [0.1, 0.15) is 30.2 Å². The van der Waals surface area contributed by atoms with Crippen molar-refractivity contribution in [1.82, 2.24) is 9.13 Å². The lowest BCUT2D eigenvalue weighted by Gasteiger charge is -2.23. The third-order valence-electron chi connectivity index (χ3n) is 5.97. The Morgan fingerprint density at radius 3 is 2.63 bits per heavy atom. The van der Waals surface area contributed by atoms with Crippen LogP contribution in [0.15, 0.2) is 39.9 Å². The summed E-state index contributed by atoms with van der Waals surface area (Å²) in [5, 5.41) is 0.770. The van der Waals surface area contributed by atoms with Gasteiger partial charge in [0.25, 0.3) is 5.56 Å². The lowest BCUT2D eigenvalue weighted by molar-refractivity contribution is -0.915. The molecule has 1 aliphatic rings. The highest BCUT2D eigenvalue weighted by Crippen LogP contribution is 2.30. The molecular weight excluding hydrogens is 396 g/mol. The van der Waals surface area contributed by atoms with Gasteiger partial charge < -0.3 is 9.80 Å². The van der Waals surface area contributed by atoms with Crippen molar-refractivity contribution < 1.29 is 9.80 Å². The molecule has 0 spiro atoms. The highest BCUT2D eigenvalue weighted by Gasteiger charge is 2.28. The van der Waals surface area contributed by atoms with Crippen molar-refractivity contribution >= 4 is 21.6 Å². The molecule has 7 heteroatoms. The van der Waals surface area contributed by atoms with Crippen LogP contribution in [-0.4, -0.2) is 42.9 Å². The molecule has 6 nitrogen and oxygen atoms in total. The topological polar surface area (TPSA) is 52.9 Å². The number of nitrogens with one attached hydrogen (secondary N) is 2. The fourth-order valence-electron chi connectivity index (χ4n) is 4.50. The number of quaternary nitrogens is 2. The number of hydrogen-bond donors (Lipinski definition) is 2. The third-order valence-corrected chi connectivity index (χ3v) is 7.23. The van der Waals surface area contributed by atoms with Gasteiger partial charge in [-0.05, 0) is 24.1 Å². The van der Waals surface area contributed by atoms with Crippen LogP contribution in [0.5, 0.6) is 0 Å². The number of para-hydroxylation sites is 1. The van der Waals surface area contributed by atoms with Crippen LogP contribution < -0.4 is 21.0 Å². The Morgan fingerprint density at radius 1 is 1.17 bits per heavy atom. The summed E-state index contributed by atoms with van der Waals surface area (Å²) in [6.45, 7) is 7.01. The maximum atomic E-state index is 13.6. The minimum absolute atomic E-state index is 0.160. The fraction of sp³-hybridized carbons (Fsp3) is 0.478. The largest absolute Gasteiger partial charge is 0.340 e. The minimum atomic E-state index is -0.219. The van der Waals surface area contributed by atoms with Gasteiger partial charge in [-0.25, -0.2) is 9.36 Å². The molecule has 3 heterocycles. The second kappa shape index (κ2) is 8.88. The molecule has 3 aromatic rings. The van der Waals surface area contributed by atoms with Crippen LogP contribution in [0.25, 0.3) is 15.9 Å². The Kier molecular flexibility index (Phi) is 6.22. The molecule has 0 bridgehead atoms. The van der Waals surface area contributed by atoms with E-state index in [-0.39, 0.29) is 11.2 Å². The van der Waals surface area contributed by atoms with Gasteiger partial charge in [-0.15, -0.1) is 11.3 Å². The molecular formula is C23H32N4O2S+2. The molecule has 160 valence electrons. The molecule has 1 aromatic carbocycles. The number of thiophene rings is 1. The summed E-state index contributed by atoms with van der Waals surface area (Å²) >= 11 is 1.67. The standard InChI is InChI=1S/C23H30N4O2S/c1-4-12-25-15-11-18-19(16-25)30-22-20(18)21(28)27(17-9-6-5-7-10-17)23(29)26(22)14-8-13-24(2)3/h5-7,9-10H,4,8,11-16H2,1-3H3/p+2. The Balaban J connectivity index is 1.91. The summed E-state index contributed by atoms with van der Waals surface area (Å²) in [6, 6.07) is 9.34. The van der Waals surface area contributed by atoms with Crippen molar-refractivity contribution in [3.05, 3.63) is 61.6 Å². The Bertz CT molecular complexity index is 1140. The lowest BCUT2D eigenvalue weighted by Crippen LogP contribution is -3.11. The predicted molar refractivity (Wildman–Crippen MR) is 122 cm³/mol. The highest BCUT2D eigenvalue weighted by atomic mass is 32.1. The first-order chi connectivity index (χ1) is 14.5. The summed E-state index contributed by atoms with van der Waals surface area (Å²) in [5.41, 5.74) is 1.45. The molecule has 2 aromatic heterocycles. The number of benzene rings is 1. The van der Waals surface area contributed by atoms with Gasteiger partial charge in [-0.2, -0.15) is 0 Å². The number of rotatable bonds is 7. The molecule has 0 radical (unpaired) electrons. The first kappa shape index (κ1) is 21.0. The zero-order chi connectivity index (χ0) is 21.3. The highest BCUT2D eigenvalue weighted by molar-refractivity contribution is 7.18. The van der Waals surface area contributed by atoms with Gasteiger partial charge in [0.15, 0.2) is 0 Å². The van der Waals surface area contributed by atoms with Gasteiger partial charge in [-0.3, -0.25) is 9.36 Å². The molecule has 1 unspecified atom stereocenters. The SMILES string of the molecule is CCC[NH+]1CCc2c(sc3c2c(=O)n(-c2ccccc2)c(=O)n3CCC[NH+](C)C)C1. The van der Waals surface area contributed by atoms with Crippen LogP contribution in [-0.2, 0) is 19.5 Å². The molecule has 0 saturated heterocycles. The predicted octanol–water partition coefficient (Wildman–Crippen LogP) is 0.0995. The minimum Gasteiger partial charge on any atom is -0.340 e. The molecule has 0 amide bonds. The zero-order valence-electron chi connectivity index (χ0n) is 18.2. The molecule has 4 rings (SSSR count). The van der Waals surface area contributed by atoms with Crippen molar-refractivity contribution in [2.75, 3.05) is 33.7 Å². The smallest absolute Gasteiger partial charge is 0.336 e. The van der Waals surface area contributed by atoms with Crippen LogP contribution in [0, 0.1) is 0 Å². The monoisotopic (exact) mass is 428 g/mol. The number of fused-ring (bicyclic) bond motifs is 3. The summed E-state index contributed by atoms with van der Waals surface area (Å²) < 4.78 is 3.23. The first-order valence-corrected chi connectivity index (χ1v) is 11.8. The molecule has 30 heavy (non-hydrogen) atoms. The van der Waals surface area contributed by atoms with E-state index in [1.165, 1.54) is 19.9 Å². The van der Waals surface area contributed by atoms with Crippen LogP contribution >= 0.6 is 11.3 Å². The van der Waals surface area contributed by atoms with Gasteiger partial charge in [0.1, 0.15) is 11.4 Å². The Labute approximate surface area is 181 Å². The van der Waals surface area contributed by atoms with Gasteiger partial charge in [-0.1, -0.05) is 25.1 Å². The zero-order valence-corrected chi connectivity index (χ0v) is 19.0. The van der Waals surface area contributed by atoms with E-state index < -0.39 is 0 Å². The van der Waals surface area contributed by atoms with E-state index in [0.717, 1.165) is 55.7 Å². The van der Waals surface area contributed by atoms with Crippen molar-refractivity contribution in [2.24, 2.45) is 0 Å². The van der Waals surface area contributed by atoms with Gasteiger partial charge >= 0.3 is 5.69 Å². The number of nitrogens with zero attached hydrogens (tertiary/aromatic N) is 2. The number of aromatic nitrogens is 2. The molecule has 0 saturated carbocycles. The van der Waals surface area contributed by atoms with Gasteiger partial charge in [0, 0.05) is 19.4 Å². The third kappa shape index (κ3) is 3.89. The van der Waals surface area contributed by atoms with Gasteiger partial charge in [0.05, 0.1) is 49.7 Å². The van der Waals surface area contributed by atoms with Crippen LogP contribution in [0.2, 0.25) is 0 Å². The summed E-state index contributed by atoms with van der Waals surface area (Å²) in [5.74, 6) is 0. The quantitative estimate of drug-likeness (QED) is 0.561. The van der Waals surface area contributed by atoms with Gasteiger partial charge in [0.2, 0.25) is 0 Å².